The second-order valence-electron chi connectivity index (χ2n) is 3.68. The molecule has 2 rings (SSSR count). The molecule has 0 aliphatic carbocycles. The molecule has 1 aromatic heterocycles. The van der Waals surface area contributed by atoms with Gasteiger partial charge in [0.1, 0.15) is 5.75 Å². The number of phenols is 1. The van der Waals surface area contributed by atoms with Gasteiger partial charge in [-0.3, -0.25) is 4.57 Å². The van der Waals surface area contributed by atoms with Gasteiger partial charge in [-0.05, 0) is 19.1 Å². The Bertz CT molecular complexity index is 519. The van der Waals surface area contributed by atoms with Gasteiger partial charge in [0.2, 0.25) is 5.95 Å². The van der Waals surface area contributed by atoms with Gasteiger partial charge < -0.3 is 10.4 Å². The van der Waals surface area contributed by atoms with E-state index in [1.54, 1.807) is 17.7 Å². The van der Waals surface area contributed by atoms with E-state index in [0.29, 0.717) is 17.3 Å². The molecule has 0 aliphatic heterocycles. The molecule has 0 saturated heterocycles. The Balaban J connectivity index is 2.58. The first kappa shape index (κ1) is 10.5. The molecule has 0 radical (unpaired) electrons. The molecule has 1 heterocycles. The van der Waals surface area contributed by atoms with Crippen molar-refractivity contribution in [1.82, 2.24) is 14.8 Å². The van der Waals surface area contributed by atoms with Gasteiger partial charge in [0, 0.05) is 14.1 Å². The molecule has 0 bridgehead atoms. The molecular formula is C11H14N4O. The van der Waals surface area contributed by atoms with Crippen LogP contribution in [0.3, 0.4) is 0 Å². The van der Waals surface area contributed by atoms with Crippen LogP contribution in [0.4, 0.5) is 5.95 Å². The van der Waals surface area contributed by atoms with E-state index in [2.05, 4.69) is 15.5 Å². The Morgan fingerprint density at radius 3 is 2.69 bits per heavy atom. The lowest BCUT2D eigenvalue weighted by molar-refractivity contribution is 0.476. The third-order valence-electron chi connectivity index (χ3n) is 2.49. The van der Waals surface area contributed by atoms with Gasteiger partial charge in [0.05, 0.1) is 5.56 Å². The summed E-state index contributed by atoms with van der Waals surface area (Å²) in [5, 5.41) is 20.7. The maximum Gasteiger partial charge on any atom is 0.224 e. The molecule has 84 valence electrons. The standard InChI is InChI=1S/C11H14N4O/c1-7-4-5-9(16)8(6-7)10-13-14-11(12-2)15(10)3/h4-6,16H,1-3H3,(H,12,14). The summed E-state index contributed by atoms with van der Waals surface area (Å²) in [5.74, 6) is 1.52. The van der Waals surface area contributed by atoms with Gasteiger partial charge in [-0.15, -0.1) is 10.2 Å². The van der Waals surface area contributed by atoms with E-state index < -0.39 is 0 Å². The van der Waals surface area contributed by atoms with E-state index >= 15 is 0 Å². The van der Waals surface area contributed by atoms with Gasteiger partial charge >= 0.3 is 0 Å². The second-order valence-corrected chi connectivity index (χ2v) is 3.68. The van der Waals surface area contributed by atoms with E-state index in [1.165, 1.54) is 0 Å². The van der Waals surface area contributed by atoms with Gasteiger partial charge in [0.25, 0.3) is 0 Å². The van der Waals surface area contributed by atoms with Crippen LogP contribution in [0, 0.1) is 6.92 Å². The van der Waals surface area contributed by atoms with E-state index in [0.717, 1.165) is 5.56 Å². The van der Waals surface area contributed by atoms with Crippen LogP contribution in [0.15, 0.2) is 18.2 Å². The number of nitrogens with one attached hydrogen (secondary N) is 1. The maximum absolute atomic E-state index is 9.79. The fraction of sp³-hybridized carbons (Fsp3) is 0.273. The maximum atomic E-state index is 9.79. The van der Waals surface area contributed by atoms with E-state index in [4.69, 9.17) is 0 Å². The number of benzene rings is 1. The summed E-state index contributed by atoms with van der Waals surface area (Å²) in [6.45, 7) is 1.97. The van der Waals surface area contributed by atoms with Crippen LogP contribution in [0.1, 0.15) is 5.56 Å². The van der Waals surface area contributed by atoms with Crippen molar-refractivity contribution in [3.63, 3.8) is 0 Å². The Morgan fingerprint density at radius 1 is 1.31 bits per heavy atom. The average molecular weight is 218 g/mol. The second kappa shape index (κ2) is 3.84. The third kappa shape index (κ3) is 1.60. The van der Waals surface area contributed by atoms with Crippen molar-refractivity contribution in [1.29, 1.82) is 0 Å². The van der Waals surface area contributed by atoms with Crippen LogP contribution >= 0.6 is 0 Å². The zero-order chi connectivity index (χ0) is 11.7. The zero-order valence-corrected chi connectivity index (χ0v) is 9.52. The lowest BCUT2D eigenvalue weighted by atomic mass is 10.1. The first-order valence-corrected chi connectivity index (χ1v) is 5.00. The lowest BCUT2D eigenvalue weighted by Gasteiger charge is -2.06. The molecule has 16 heavy (non-hydrogen) atoms. The largest absolute Gasteiger partial charge is 0.507 e. The predicted molar refractivity (Wildman–Crippen MR) is 62.4 cm³/mol. The molecule has 5 nitrogen and oxygen atoms in total. The lowest BCUT2D eigenvalue weighted by Crippen LogP contribution is -1.99. The molecule has 0 aliphatic rings. The first-order valence-electron chi connectivity index (χ1n) is 5.00. The fourth-order valence-electron chi connectivity index (χ4n) is 1.61. The number of hydrogen-bond donors (Lipinski definition) is 2. The smallest absolute Gasteiger partial charge is 0.224 e. The molecule has 1 aromatic carbocycles. The van der Waals surface area contributed by atoms with Gasteiger partial charge in [-0.2, -0.15) is 0 Å². The van der Waals surface area contributed by atoms with Crippen LogP contribution < -0.4 is 5.32 Å². The number of rotatable bonds is 2. The minimum Gasteiger partial charge on any atom is -0.507 e. The molecule has 0 fully saturated rings. The summed E-state index contributed by atoms with van der Waals surface area (Å²) >= 11 is 0. The molecule has 0 atom stereocenters. The number of aromatic nitrogens is 3. The van der Waals surface area contributed by atoms with Crippen LogP contribution in [0.25, 0.3) is 11.4 Å². The molecule has 2 aromatic rings. The minimum atomic E-state index is 0.212. The fourth-order valence-corrected chi connectivity index (χ4v) is 1.61. The van der Waals surface area contributed by atoms with Crippen molar-refractivity contribution in [3.05, 3.63) is 23.8 Å². The number of nitrogens with zero attached hydrogens (tertiary/aromatic N) is 3. The van der Waals surface area contributed by atoms with Crippen molar-refractivity contribution in [2.45, 2.75) is 6.92 Å². The SMILES string of the molecule is CNc1nnc(-c2cc(C)ccc2O)n1C. The topological polar surface area (TPSA) is 63.0 Å². The van der Waals surface area contributed by atoms with Crippen molar-refractivity contribution < 1.29 is 5.11 Å². The monoisotopic (exact) mass is 218 g/mol. The molecule has 0 spiro atoms. The van der Waals surface area contributed by atoms with Crippen LogP contribution in [-0.4, -0.2) is 26.9 Å². The Hall–Kier alpha value is -2.04. The van der Waals surface area contributed by atoms with Gasteiger partial charge in [0.15, 0.2) is 5.82 Å². The van der Waals surface area contributed by atoms with Crippen molar-refractivity contribution in [2.24, 2.45) is 7.05 Å². The molecule has 0 saturated carbocycles. The van der Waals surface area contributed by atoms with Crippen molar-refractivity contribution >= 4 is 5.95 Å². The van der Waals surface area contributed by atoms with E-state index in [-0.39, 0.29) is 5.75 Å². The predicted octanol–water partition coefficient (Wildman–Crippen LogP) is 1.54. The highest BCUT2D eigenvalue weighted by Crippen LogP contribution is 2.29. The normalized spacial score (nSPS) is 10.4. The van der Waals surface area contributed by atoms with Crippen molar-refractivity contribution in [2.75, 3.05) is 12.4 Å². The zero-order valence-electron chi connectivity index (χ0n) is 9.52. The Morgan fingerprint density at radius 2 is 2.06 bits per heavy atom. The van der Waals surface area contributed by atoms with Crippen LogP contribution in [0.5, 0.6) is 5.75 Å². The summed E-state index contributed by atoms with van der Waals surface area (Å²) in [5.41, 5.74) is 1.76. The average Bonchev–Trinajstić information content (AvgIpc) is 2.63. The highest BCUT2D eigenvalue weighted by atomic mass is 16.3. The number of aryl methyl sites for hydroxylation is 1. The van der Waals surface area contributed by atoms with Crippen molar-refractivity contribution in [3.8, 4) is 17.1 Å². The number of aromatic hydroxyl groups is 1. The van der Waals surface area contributed by atoms with Crippen LogP contribution in [-0.2, 0) is 7.05 Å². The summed E-state index contributed by atoms with van der Waals surface area (Å²) < 4.78 is 1.80. The molecule has 2 N–H and O–H groups in total. The first-order chi connectivity index (χ1) is 7.63. The summed E-state index contributed by atoms with van der Waals surface area (Å²) in [6.07, 6.45) is 0. The highest BCUT2D eigenvalue weighted by molar-refractivity contribution is 5.65. The van der Waals surface area contributed by atoms with Gasteiger partial charge in [-0.1, -0.05) is 11.6 Å². The minimum absolute atomic E-state index is 0.212. The summed E-state index contributed by atoms with van der Waals surface area (Å²) in [6, 6.07) is 5.41. The van der Waals surface area contributed by atoms with Crippen LogP contribution in [0.2, 0.25) is 0 Å². The van der Waals surface area contributed by atoms with E-state index in [1.807, 2.05) is 26.1 Å². The van der Waals surface area contributed by atoms with E-state index in [9.17, 15) is 5.11 Å². The third-order valence-corrected chi connectivity index (χ3v) is 2.49. The molecular weight excluding hydrogens is 204 g/mol. The molecule has 0 unspecified atom stereocenters. The quantitative estimate of drug-likeness (QED) is 0.802. The Labute approximate surface area is 93.8 Å². The summed E-state index contributed by atoms with van der Waals surface area (Å²) in [7, 11) is 3.63. The van der Waals surface area contributed by atoms with Gasteiger partial charge in [-0.25, -0.2) is 0 Å². The molecule has 0 amide bonds. The number of hydrogen-bond acceptors (Lipinski definition) is 4. The Kier molecular flexibility index (Phi) is 2.52. The highest BCUT2D eigenvalue weighted by Gasteiger charge is 2.13. The summed E-state index contributed by atoms with van der Waals surface area (Å²) in [4.78, 5) is 0. The molecule has 5 heteroatoms. The number of phenolic OH excluding ortho intramolecular Hbond substituents is 1. The number of anilines is 1.